The highest BCUT2D eigenvalue weighted by atomic mass is 35.5. The minimum Gasteiger partial charge on any atom is -0.293 e. The summed E-state index contributed by atoms with van der Waals surface area (Å²) in [5.41, 5.74) is 0.940. The molecule has 16 heavy (non-hydrogen) atoms. The lowest BCUT2D eigenvalue weighted by atomic mass is 10.1. The number of rotatable bonds is 2. The minimum atomic E-state index is 0.544. The summed E-state index contributed by atoms with van der Waals surface area (Å²) in [5, 5.41) is 0.544. The van der Waals surface area contributed by atoms with Gasteiger partial charge in [0.25, 0.3) is 0 Å². The van der Waals surface area contributed by atoms with E-state index in [0.29, 0.717) is 11.2 Å². The van der Waals surface area contributed by atoms with E-state index < -0.39 is 0 Å². The highest BCUT2D eigenvalue weighted by molar-refractivity contribution is 6.29. The normalized spacial score (nSPS) is 26.2. The number of halogens is 1. The molecule has 4 heteroatoms. The molecule has 2 unspecified atom stereocenters. The van der Waals surface area contributed by atoms with E-state index in [9.17, 15) is 0 Å². The molecule has 1 aliphatic rings. The van der Waals surface area contributed by atoms with Gasteiger partial charge in [-0.05, 0) is 32.3 Å². The third-order valence-corrected chi connectivity index (χ3v) is 3.32. The molecule has 1 fully saturated rings. The van der Waals surface area contributed by atoms with Crippen LogP contribution < -0.4 is 0 Å². The van der Waals surface area contributed by atoms with Gasteiger partial charge in [-0.2, -0.15) is 0 Å². The Morgan fingerprint density at radius 2 is 2.19 bits per heavy atom. The van der Waals surface area contributed by atoms with Gasteiger partial charge in [0.1, 0.15) is 11.0 Å². The molecule has 1 saturated heterocycles. The average molecular weight is 240 g/mol. The van der Waals surface area contributed by atoms with Crippen LogP contribution in [0.5, 0.6) is 0 Å². The van der Waals surface area contributed by atoms with Crippen molar-refractivity contribution >= 4 is 11.6 Å². The zero-order chi connectivity index (χ0) is 11.7. The lowest BCUT2D eigenvalue weighted by Gasteiger charge is -2.19. The molecule has 0 N–H and O–H groups in total. The predicted octanol–water partition coefficient (Wildman–Crippen LogP) is 2.67. The number of likely N-dealkylation sites (tertiary alicyclic amines) is 1. The fourth-order valence-corrected chi connectivity index (χ4v) is 2.70. The van der Waals surface area contributed by atoms with Gasteiger partial charge in [-0.25, -0.2) is 9.97 Å². The first-order valence-electron chi connectivity index (χ1n) is 5.78. The van der Waals surface area contributed by atoms with E-state index in [4.69, 9.17) is 11.6 Å². The monoisotopic (exact) mass is 239 g/mol. The Morgan fingerprint density at radius 1 is 1.44 bits per heavy atom. The molecular formula is C12H18ClN3. The van der Waals surface area contributed by atoms with Crippen molar-refractivity contribution in [2.75, 3.05) is 6.54 Å². The second-order valence-corrected chi connectivity index (χ2v) is 5.25. The summed E-state index contributed by atoms with van der Waals surface area (Å²) >= 11 is 5.93. The minimum absolute atomic E-state index is 0.544. The molecule has 1 aliphatic heterocycles. The maximum absolute atomic E-state index is 5.93. The van der Waals surface area contributed by atoms with Gasteiger partial charge < -0.3 is 0 Å². The van der Waals surface area contributed by atoms with Gasteiger partial charge in [0.2, 0.25) is 0 Å². The Hall–Kier alpha value is -0.670. The summed E-state index contributed by atoms with van der Waals surface area (Å²) in [6.45, 7) is 8.46. The van der Waals surface area contributed by atoms with Crippen LogP contribution in [0.25, 0.3) is 0 Å². The zero-order valence-corrected chi connectivity index (χ0v) is 10.8. The summed E-state index contributed by atoms with van der Waals surface area (Å²) in [4.78, 5) is 11.1. The summed E-state index contributed by atoms with van der Waals surface area (Å²) in [5.74, 6) is 1.61. The van der Waals surface area contributed by atoms with E-state index in [1.807, 2.05) is 6.92 Å². The highest BCUT2D eigenvalue weighted by Gasteiger charge is 2.26. The van der Waals surface area contributed by atoms with Crippen LogP contribution in [0.1, 0.15) is 31.8 Å². The van der Waals surface area contributed by atoms with Crippen LogP contribution in [0.2, 0.25) is 5.15 Å². The van der Waals surface area contributed by atoms with Gasteiger partial charge in [-0.3, -0.25) is 4.90 Å². The van der Waals surface area contributed by atoms with Crippen molar-refractivity contribution in [1.29, 1.82) is 0 Å². The van der Waals surface area contributed by atoms with E-state index in [0.717, 1.165) is 30.5 Å². The zero-order valence-electron chi connectivity index (χ0n) is 10.1. The smallest absolute Gasteiger partial charge is 0.144 e. The van der Waals surface area contributed by atoms with Crippen LogP contribution in [-0.4, -0.2) is 27.5 Å². The fourth-order valence-electron chi connectivity index (χ4n) is 2.45. The quantitative estimate of drug-likeness (QED) is 0.743. The van der Waals surface area contributed by atoms with E-state index in [1.165, 1.54) is 6.42 Å². The van der Waals surface area contributed by atoms with Crippen molar-refractivity contribution in [3.63, 3.8) is 0 Å². The molecule has 2 atom stereocenters. The molecule has 0 aliphatic carbocycles. The van der Waals surface area contributed by atoms with Crippen LogP contribution in [0, 0.1) is 12.8 Å². The first kappa shape index (κ1) is 11.8. The Labute approximate surface area is 102 Å². The number of hydrogen-bond acceptors (Lipinski definition) is 3. The Morgan fingerprint density at radius 3 is 2.75 bits per heavy atom. The second kappa shape index (κ2) is 4.68. The third-order valence-electron chi connectivity index (χ3n) is 3.13. The van der Waals surface area contributed by atoms with Crippen LogP contribution in [0.15, 0.2) is 6.07 Å². The van der Waals surface area contributed by atoms with Crippen molar-refractivity contribution < 1.29 is 0 Å². The van der Waals surface area contributed by atoms with Gasteiger partial charge >= 0.3 is 0 Å². The standard InChI is InChI=1S/C12H18ClN3/c1-8-4-10(3)16(6-8)7-12-14-9(2)5-11(13)15-12/h5,8,10H,4,6-7H2,1-3H3. The molecule has 1 aromatic heterocycles. The molecule has 2 heterocycles. The van der Waals surface area contributed by atoms with Gasteiger partial charge in [-0.1, -0.05) is 18.5 Å². The molecule has 0 radical (unpaired) electrons. The predicted molar refractivity (Wildman–Crippen MR) is 65.4 cm³/mol. The van der Waals surface area contributed by atoms with Crippen molar-refractivity contribution in [2.45, 2.75) is 39.8 Å². The molecule has 2 rings (SSSR count). The Kier molecular flexibility index (Phi) is 3.45. The number of aryl methyl sites for hydroxylation is 1. The van der Waals surface area contributed by atoms with E-state index in [-0.39, 0.29) is 0 Å². The van der Waals surface area contributed by atoms with Crippen LogP contribution in [0.3, 0.4) is 0 Å². The Balaban J connectivity index is 2.09. The van der Waals surface area contributed by atoms with Gasteiger partial charge in [0.15, 0.2) is 0 Å². The Bertz CT molecular complexity index is 360. The lowest BCUT2D eigenvalue weighted by molar-refractivity contribution is 0.250. The van der Waals surface area contributed by atoms with Gasteiger partial charge in [0.05, 0.1) is 6.54 Å². The van der Waals surface area contributed by atoms with E-state index in [2.05, 4.69) is 28.7 Å². The SMILES string of the molecule is Cc1cc(Cl)nc(CN2CC(C)CC2C)n1. The first-order chi connectivity index (χ1) is 7.54. The molecule has 88 valence electrons. The maximum Gasteiger partial charge on any atom is 0.144 e. The van der Waals surface area contributed by atoms with Crippen molar-refractivity contribution in [1.82, 2.24) is 14.9 Å². The second-order valence-electron chi connectivity index (χ2n) is 4.87. The van der Waals surface area contributed by atoms with Crippen LogP contribution >= 0.6 is 11.6 Å². The number of hydrogen-bond donors (Lipinski definition) is 0. The molecule has 3 nitrogen and oxygen atoms in total. The van der Waals surface area contributed by atoms with Crippen LogP contribution in [0.4, 0.5) is 0 Å². The van der Waals surface area contributed by atoms with E-state index in [1.54, 1.807) is 6.07 Å². The summed E-state index contributed by atoms with van der Waals surface area (Å²) in [7, 11) is 0. The molecule has 0 aromatic carbocycles. The lowest BCUT2D eigenvalue weighted by Crippen LogP contribution is -2.27. The molecule has 0 amide bonds. The number of aromatic nitrogens is 2. The average Bonchev–Trinajstić information content (AvgIpc) is 2.43. The first-order valence-corrected chi connectivity index (χ1v) is 6.16. The largest absolute Gasteiger partial charge is 0.293 e. The summed E-state index contributed by atoms with van der Waals surface area (Å²) in [6, 6.07) is 2.42. The van der Waals surface area contributed by atoms with Crippen molar-refractivity contribution in [3.05, 3.63) is 22.7 Å². The third kappa shape index (κ3) is 2.71. The van der Waals surface area contributed by atoms with Gasteiger partial charge in [-0.15, -0.1) is 0 Å². The molecule has 0 spiro atoms. The molecule has 1 aromatic rings. The van der Waals surface area contributed by atoms with Crippen molar-refractivity contribution in [3.8, 4) is 0 Å². The molecular weight excluding hydrogens is 222 g/mol. The summed E-state index contributed by atoms with van der Waals surface area (Å²) < 4.78 is 0. The van der Waals surface area contributed by atoms with Crippen LogP contribution in [-0.2, 0) is 6.54 Å². The maximum atomic E-state index is 5.93. The van der Waals surface area contributed by atoms with E-state index >= 15 is 0 Å². The van der Waals surface area contributed by atoms with Gasteiger partial charge in [0, 0.05) is 18.3 Å². The fraction of sp³-hybridized carbons (Fsp3) is 0.667. The summed E-state index contributed by atoms with van der Waals surface area (Å²) in [6.07, 6.45) is 1.26. The molecule has 0 saturated carbocycles. The molecule has 0 bridgehead atoms. The van der Waals surface area contributed by atoms with Crippen molar-refractivity contribution in [2.24, 2.45) is 5.92 Å². The topological polar surface area (TPSA) is 29.0 Å². The number of nitrogens with zero attached hydrogens (tertiary/aromatic N) is 3. The highest BCUT2D eigenvalue weighted by Crippen LogP contribution is 2.23.